The first-order chi connectivity index (χ1) is 22.4. The van der Waals surface area contributed by atoms with Gasteiger partial charge in [-0.15, -0.1) is 0 Å². The number of furan rings is 1. The Morgan fingerprint density at radius 3 is 2.52 bits per heavy atom. The molecule has 0 aliphatic heterocycles. The number of carbonyl (C=O) groups is 1. The van der Waals surface area contributed by atoms with Gasteiger partial charge in [0.25, 0.3) is 5.56 Å². The molecule has 7 rings (SSSR count). The summed E-state index contributed by atoms with van der Waals surface area (Å²) in [6.07, 6.45) is 1.67. The SMILES string of the molecule is Cc1cc(C=Nn2c(-c3cc4ccccc4o3)nc3ccccc3c2=O)c(C)n1-c1ccc(OCc2cccc(C(=O)O)c2)cc1. The summed E-state index contributed by atoms with van der Waals surface area (Å²) < 4.78 is 15.4. The van der Waals surface area contributed by atoms with E-state index >= 15 is 0 Å². The maximum Gasteiger partial charge on any atom is 0.335 e. The predicted molar refractivity (Wildman–Crippen MR) is 177 cm³/mol. The van der Waals surface area contributed by atoms with Crippen molar-refractivity contribution in [1.82, 2.24) is 14.2 Å². The van der Waals surface area contributed by atoms with Crippen molar-refractivity contribution in [3.8, 4) is 23.0 Å². The van der Waals surface area contributed by atoms with Crippen molar-refractivity contribution in [3.05, 3.63) is 148 Å². The highest BCUT2D eigenvalue weighted by Crippen LogP contribution is 2.28. The summed E-state index contributed by atoms with van der Waals surface area (Å²) in [7, 11) is 0. The van der Waals surface area contributed by atoms with E-state index in [1.54, 1.807) is 42.6 Å². The highest BCUT2D eigenvalue weighted by atomic mass is 16.5. The lowest BCUT2D eigenvalue weighted by Crippen LogP contribution is -2.20. The minimum Gasteiger partial charge on any atom is -0.489 e. The van der Waals surface area contributed by atoms with Crippen molar-refractivity contribution in [2.75, 3.05) is 0 Å². The Morgan fingerprint density at radius 2 is 1.72 bits per heavy atom. The van der Waals surface area contributed by atoms with Crippen LogP contribution in [0.4, 0.5) is 0 Å². The summed E-state index contributed by atoms with van der Waals surface area (Å²) >= 11 is 0. The normalized spacial score (nSPS) is 11.5. The van der Waals surface area contributed by atoms with Crippen LogP contribution in [0.3, 0.4) is 0 Å². The van der Waals surface area contributed by atoms with Gasteiger partial charge >= 0.3 is 5.97 Å². The van der Waals surface area contributed by atoms with E-state index in [2.05, 4.69) is 9.67 Å². The number of carboxylic acids is 1. The molecule has 0 fully saturated rings. The van der Waals surface area contributed by atoms with Crippen LogP contribution in [-0.2, 0) is 6.61 Å². The van der Waals surface area contributed by atoms with E-state index in [4.69, 9.17) is 14.1 Å². The number of aryl methyl sites for hydroxylation is 1. The highest BCUT2D eigenvalue weighted by Gasteiger charge is 2.17. The van der Waals surface area contributed by atoms with E-state index in [1.165, 1.54) is 4.68 Å². The van der Waals surface area contributed by atoms with Gasteiger partial charge in [0.1, 0.15) is 17.9 Å². The molecule has 46 heavy (non-hydrogen) atoms. The fraction of sp³-hybridized carbons (Fsp3) is 0.0811. The summed E-state index contributed by atoms with van der Waals surface area (Å²) in [5.41, 5.74) is 5.66. The van der Waals surface area contributed by atoms with Crippen LogP contribution >= 0.6 is 0 Å². The zero-order chi connectivity index (χ0) is 31.8. The van der Waals surface area contributed by atoms with Gasteiger partial charge < -0.3 is 18.8 Å². The molecule has 0 aliphatic rings. The molecule has 0 spiro atoms. The number of hydrogen-bond acceptors (Lipinski definition) is 6. The number of carboxylic acid groups (broad SMARTS) is 1. The fourth-order valence-corrected chi connectivity index (χ4v) is 5.57. The Bertz CT molecular complexity index is 2310. The second-order valence-corrected chi connectivity index (χ2v) is 10.9. The minimum atomic E-state index is -0.972. The molecule has 3 aromatic heterocycles. The van der Waals surface area contributed by atoms with Crippen molar-refractivity contribution in [2.45, 2.75) is 20.5 Å². The highest BCUT2D eigenvalue weighted by molar-refractivity contribution is 5.88. The molecule has 9 nitrogen and oxygen atoms in total. The van der Waals surface area contributed by atoms with E-state index in [1.807, 2.05) is 86.6 Å². The van der Waals surface area contributed by atoms with Crippen LogP contribution < -0.4 is 10.3 Å². The van der Waals surface area contributed by atoms with Gasteiger partial charge in [0.05, 0.1) is 22.7 Å². The first-order valence-electron chi connectivity index (χ1n) is 14.7. The van der Waals surface area contributed by atoms with E-state index in [0.29, 0.717) is 33.8 Å². The van der Waals surface area contributed by atoms with Gasteiger partial charge in [-0.1, -0.05) is 42.5 Å². The Balaban J connectivity index is 1.19. The minimum absolute atomic E-state index is 0.224. The lowest BCUT2D eigenvalue weighted by atomic mass is 10.1. The van der Waals surface area contributed by atoms with Crippen LogP contribution in [0.5, 0.6) is 5.75 Å². The summed E-state index contributed by atoms with van der Waals surface area (Å²) in [6, 6.07) is 33.1. The van der Waals surface area contributed by atoms with Crippen LogP contribution in [0.25, 0.3) is 39.1 Å². The standard InChI is InChI=1S/C37H28N4O5/c1-23-18-28(24(2)40(23)29-14-16-30(17-15-29)45-22-25-8-7-10-27(19-25)37(43)44)21-38-41-35(34-20-26-9-3-6-13-33(26)46-34)39-32-12-5-4-11-31(32)36(41)42/h3-21H,22H2,1-2H3,(H,43,44). The topological polar surface area (TPSA) is 112 Å². The number of aromatic nitrogens is 3. The molecule has 0 saturated carbocycles. The van der Waals surface area contributed by atoms with E-state index in [-0.39, 0.29) is 17.7 Å². The number of aromatic carboxylic acids is 1. The summed E-state index contributed by atoms with van der Waals surface area (Å²) in [5, 5.41) is 15.3. The van der Waals surface area contributed by atoms with Crippen LogP contribution in [-0.4, -0.2) is 31.5 Å². The van der Waals surface area contributed by atoms with Gasteiger partial charge in [-0.05, 0) is 86.1 Å². The molecular weight excluding hydrogens is 580 g/mol. The third-order valence-electron chi connectivity index (χ3n) is 7.86. The number of rotatable bonds is 8. The van der Waals surface area contributed by atoms with Gasteiger partial charge in [-0.25, -0.2) is 9.78 Å². The maximum absolute atomic E-state index is 13.7. The number of ether oxygens (including phenoxy) is 1. The number of hydrogen-bond donors (Lipinski definition) is 1. The Hall–Kier alpha value is -6.22. The molecule has 7 aromatic rings. The molecule has 1 N–H and O–H groups in total. The lowest BCUT2D eigenvalue weighted by molar-refractivity contribution is 0.0696. The molecule has 0 unspecified atom stereocenters. The molecule has 0 aliphatic carbocycles. The van der Waals surface area contributed by atoms with E-state index < -0.39 is 5.97 Å². The second-order valence-electron chi connectivity index (χ2n) is 10.9. The van der Waals surface area contributed by atoms with Crippen LogP contribution in [0.15, 0.2) is 124 Å². The molecule has 0 amide bonds. The van der Waals surface area contributed by atoms with Crippen LogP contribution in [0, 0.1) is 13.8 Å². The molecule has 226 valence electrons. The number of nitrogens with zero attached hydrogens (tertiary/aromatic N) is 4. The fourth-order valence-electron chi connectivity index (χ4n) is 5.57. The largest absolute Gasteiger partial charge is 0.489 e. The Morgan fingerprint density at radius 1 is 0.935 bits per heavy atom. The molecule has 0 saturated heterocycles. The van der Waals surface area contributed by atoms with Gasteiger partial charge in [-0.2, -0.15) is 9.78 Å². The monoisotopic (exact) mass is 608 g/mol. The molecular formula is C37H28N4O5. The molecule has 0 atom stereocenters. The first-order valence-corrected chi connectivity index (χ1v) is 14.7. The first kappa shape index (κ1) is 28.5. The van der Waals surface area contributed by atoms with Crippen molar-refractivity contribution >= 4 is 34.1 Å². The smallest absolute Gasteiger partial charge is 0.335 e. The zero-order valence-corrected chi connectivity index (χ0v) is 25.0. The number of para-hydroxylation sites is 2. The molecule has 0 bridgehead atoms. The molecule has 0 radical (unpaired) electrons. The number of benzene rings is 4. The van der Waals surface area contributed by atoms with Gasteiger partial charge in [0, 0.05) is 28.0 Å². The average Bonchev–Trinajstić information content (AvgIpc) is 3.63. The second kappa shape index (κ2) is 11.7. The summed E-state index contributed by atoms with van der Waals surface area (Å²) in [6.45, 7) is 4.26. The van der Waals surface area contributed by atoms with Crippen molar-refractivity contribution in [2.24, 2.45) is 5.10 Å². The molecule has 9 heteroatoms. The average molecular weight is 609 g/mol. The Labute approximate surface area is 263 Å². The maximum atomic E-state index is 13.7. The molecule has 4 aromatic carbocycles. The summed E-state index contributed by atoms with van der Waals surface area (Å²) in [5.74, 6) is 0.453. The number of fused-ring (bicyclic) bond motifs is 2. The Kier molecular flexibility index (Phi) is 7.26. The van der Waals surface area contributed by atoms with Crippen molar-refractivity contribution in [3.63, 3.8) is 0 Å². The van der Waals surface area contributed by atoms with Gasteiger partial charge in [0.15, 0.2) is 5.76 Å². The van der Waals surface area contributed by atoms with Gasteiger partial charge in [-0.3, -0.25) is 4.79 Å². The quantitative estimate of drug-likeness (QED) is 0.180. The van der Waals surface area contributed by atoms with Crippen LogP contribution in [0.2, 0.25) is 0 Å². The van der Waals surface area contributed by atoms with Crippen molar-refractivity contribution < 1.29 is 19.1 Å². The summed E-state index contributed by atoms with van der Waals surface area (Å²) in [4.78, 5) is 29.7. The third-order valence-corrected chi connectivity index (χ3v) is 7.86. The van der Waals surface area contributed by atoms with Gasteiger partial charge in [0.2, 0.25) is 5.82 Å². The lowest BCUT2D eigenvalue weighted by Gasteiger charge is -2.12. The molecule has 3 heterocycles. The van der Waals surface area contributed by atoms with Crippen molar-refractivity contribution in [1.29, 1.82) is 0 Å². The van der Waals surface area contributed by atoms with E-state index in [0.717, 1.165) is 33.6 Å². The third kappa shape index (κ3) is 5.35. The predicted octanol–water partition coefficient (Wildman–Crippen LogP) is 7.38. The van der Waals surface area contributed by atoms with Crippen LogP contribution in [0.1, 0.15) is 32.9 Å². The van der Waals surface area contributed by atoms with E-state index in [9.17, 15) is 14.7 Å². The zero-order valence-electron chi connectivity index (χ0n) is 25.0.